The van der Waals surface area contributed by atoms with Crippen molar-refractivity contribution < 1.29 is 0 Å². The van der Waals surface area contributed by atoms with Crippen molar-refractivity contribution in [3.8, 4) is 0 Å². The molecule has 0 spiro atoms. The summed E-state index contributed by atoms with van der Waals surface area (Å²) in [6.45, 7) is 3.64. The van der Waals surface area contributed by atoms with Crippen LogP contribution < -0.4 is 0 Å². The van der Waals surface area contributed by atoms with Crippen LogP contribution in [-0.2, 0) is 0 Å². The van der Waals surface area contributed by atoms with Gasteiger partial charge >= 0.3 is 0 Å². The molecule has 0 atom stereocenters. The van der Waals surface area contributed by atoms with Crippen molar-refractivity contribution in [2.75, 3.05) is 25.0 Å². The Morgan fingerprint density at radius 3 is 2.77 bits per heavy atom. The summed E-state index contributed by atoms with van der Waals surface area (Å²) >= 11 is 7.21. The van der Waals surface area contributed by atoms with E-state index in [4.69, 9.17) is 0 Å². The van der Waals surface area contributed by atoms with E-state index >= 15 is 0 Å². The highest BCUT2D eigenvalue weighted by molar-refractivity contribution is 9.11. The number of halogens is 2. The van der Waals surface area contributed by atoms with Crippen molar-refractivity contribution in [1.29, 1.82) is 0 Å². The molecule has 74 valence electrons. The molecule has 1 aliphatic carbocycles. The van der Waals surface area contributed by atoms with Crippen LogP contribution in [0.2, 0.25) is 0 Å². The van der Waals surface area contributed by atoms with Crippen LogP contribution in [0.3, 0.4) is 0 Å². The monoisotopic (exact) mass is 307 g/mol. The van der Waals surface area contributed by atoms with Gasteiger partial charge in [-0.2, -0.15) is 0 Å². The van der Waals surface area contributed by atoms with E-state index in [0.717, 1.165) is 6.54 Å². The Morgan fingerprint density at radius 1 is 1.46 bits per heavy atom. The van der Waals surface area contributed by atoms with Gasteiger partial charge in [0, 0.05) is 29.4 Å². The summed E-state index contributed by atoms with van der Waals surface area (Å²) in [5.74, 6) is 0. The molecule has 0 radical (unpaired) electrons. The van der Waals surface area contributed by atoms with Crippen LogP contribution in [0.1, 0.15) is 19.3 Å². The van der Waals surface area contributed by atoms with Crippen LogP contribution in [0.25, 0.3) is 0 Å². The predicted molar refractivity (Wildman–Crippen MR) is 63.5 cm³/mol. The first-order chi connectivity index (χ1) is 6.24. The average molecular weight is 309 g/mol. The van der Waals surface area contributed by atoms with Crippen molar-refractivity contribution in [1.82, 2.24) is 4.90 Å². The third-order valence-electron chi connectivity index (χ3n) is 2.99. The lowest BCUT2D eigenvalue weighted by Gasteiger charge is -2.28. The van der Waals surface area contributed by atoms with E-state index in [1.165, 1.54) is 42.2 Å². The molecule has 1 nitrogen and oxygen atoms in total. The number of alkyl halides is 1. The first-order valence-corrected chi connectivity index (χ1v) is 6.78. The number of hydrogen-bond donors (Lipinski definition) is 0. The molecule has 2 rings (SSSR count). The molecule has 0 aromatic heterocycles. The molecule has 1 saturated carbocycles. The highest BCUT2D eigenvalue weighted by Crippen LogP contribution is 2.47. The highest BCUT2D eigenvalue weighted by atomic mass is 79.9. The molecule has 0 unspecified atom stereocenters. The van der Waals surface area contributed by atoms with Gasteiger partial charge < -0.3 is 0 Å². The van der Waals surface area contributed by atoms with Gasteiger partial charge in [-0.15, -0.1) is 0 Å². The lowest BCUT2D eigenvalue weighted by atomic mass is 10.1. The summed E-state index contributed by atoms with van der Waals surface area (Å²) in [5.41, 5.74) is 0.630. The number of hydrogen-bond acceptors (Lipinski definition) is 1. The van der Waals surface area contributed by atoms with E-state index in [0.29, 0.717) is 5.41 Å². The second kappa shape index (κ2) is 4.03. The fourth-order valence-electron chi connectivity index (χ4n) is 1.88. The van der Waals surface area contributed by atoms with Gasteiger partial charge in [0.2, 0.25) is 0 Å². The maximum atomic E-state index is 3.62. The quantitative estimate of drug-likeness (QED) is 0.724. The van der Waals surface area contributed by atoms with Gasteiger partial charge in [0.1, 0.15) is 0 Å². The molecule has 1 fully saturated rings. The van der Waals surface area contributed by atoms with Crippen molar-refractivity contribution in [3.63, 3.8) is 0 Å². The molecule has 13 heavy (non-hydrogen) atoms. The molecule has 2 aliphatic rings. The predicted octanol–water partition coefficient (Wildman–Crippen LogP) is 3.15. The highest BCUT2D eigenvalue weighted by Gasteiger charge is 2.42. The molecular formula is C10H15Br2N. The zero-order valence-corrected chi connectivity index (χ0v) is 10.9. The van der Waals surface area contributed by atoms with Gasteiger partial charge in [0.05, 0.1) is 0 Å². The summed E-state index contributed by atoms with van der Waals surface area (Å²) in [6.07, 6.45) is 6.33. The fraction of sp³-hybridized carbons (Fsp3) is 0.800. The molecule has 0 N–H and O–H groups in total. The van der Waals surface area contributed by atoms with Crippen LogP contribution in [0.5, 0.6) is 0 Å². The Labute approximate surface area is 96.8 Å². The summed E-state index contributed by atoms with van der Waals surface area (Å²) in [5, 5.41) is 1.18. The zero-order chi connectivity index (χ0) is 9.31. The summed E-state index contributed by atoms with van der Waals surface area (Å²) in [4.78, 5) is 2.57. The van der Waals surface area contributed by atoms with Crippen molar-refractivity contribution in [3.05, 3.63) is 10.6 Å². The van der Waals surface area contributed by atoms with Gasteiger partial charge in [-0.3, -0.25) is 4.90 Å². The molecule has 1 heterocycles. The normalized spacial score (nSPS) is 27.1. The lowest BCUT2D eigenvalue weighted by Crippen LogP contribution is -2.34. The van der Waals surface area contributed by atoms with Crippen LogP contribution in [0, 0.1) is 5.41 Å². The molecular weight excluding hydrogens is 294 g/mol. The minimum absolute atomic E-state index is 0.630. The molecule has 0 aromatic carbocycles. The largest absolute Gasteiger partial charge is 0.298 e. The fourth-order valence-corrected chi connectivity index (χ4v) is 3.20. The minimum Gasteiger partial charge on any atom is -0.298 e. The summed E-state index contributed by atoms with van der Waals surface area (Å²) < 4.78 is 1.36. The third-order valence-corrected chi connectivity index (χ3v) is 4.75. The van der Waals surface area contributed by atoms with Crippen LogP contribution >= 0.6 is 31.9 Å². The lowest BCUT2D eigenvalue weighted by molar-refractivity contribution is 0.248. The second-order valence-electron chi connectivity index (χ2n) is 4.28. The molecule has 0 saturated heterocycles. The maximum absolute atomic E-state index is 3.62. The van der Waals surface area contributed by atoms with Crippen molar-refractivity contribution >= 4 is 31.9 Å². The molecule has 3 heteroatoms. The van der Waals surface area contributed by atoms with Crippen LogP contribution in [-0.4, -0.2) is 29.9 Å². The Morgan fingerprint density at radius 2 is 2.23 bits per heavy atom. The Bertz CT molecular complexity index is 221. The number of nitrogens with zero attached hydrogens (tertiary/aromatic N) is 1. The van der Waals surface area contributed by atoms with E-state index in [1.807, 2.05) is 0 Å². The maximum Gasteiger partial charge on any atom is 0.0297 e. The SMILES string of the molecule is BrCC1(CN2CCC=C(Br)C2)CC1. The van der Waals surface area contributed by atoms with Crippen LogP contribution in [0.15, 0.2) is 10.6 Å². The first kappa shape index (κ1) is 10.2. The van der Waals surface area contributed by atoms with Gasteiger partial charge in [0.25, 0.3) is 0 Å². The van der Waals surface area contributed by atoms with Crippen molar-refractivity contribution in [2.45, 2.75) is 19.3 Å². The van der Waals surface area contributed by atoms with Gasteiger partial charge in [-0.1, -0.05) is 37.9 Å². The van der Waals surface area contributed by atoms with E-state index in [2.05, 4.69) is 42.8 Å². The summed E-state index contributed by atoms with van der Waals surface area (Å²) in [7, 11) is 0. The Hall–Kier alpha value is 0.660. The van der Waals surface area contributed by atoms with E-state index < -0.39 is 0 Å². The average Bonchev–Trinajstić information content (AvgIpc) is 2.86. The van der Waals surface area contributed by atoms with Crippen molar-refractivity contribution in [2.24, 2.45) is 5.41 Å². The second-order valence-corrected chi connectivity index (χ2v) is 5.86. The molecule has 1 aliphatic heterocycles. The molecule has 0 aromatic rings. The van der Waals surface area contributed by atoms with Gasteiger partial charge in [-0.25, -0.2) is 0 Å². The van der Waals surface area contributed by atoms with Crippen LogP contribution in [0.4, 0.5) is 0 Å². The summed E-state index contributed by atoms with van der Waals surface area (Å²) in [6, 6.07) is 0. The Kier molecular flexibility index (Phi) is 3.16. The first-order valence-electron chi connectivity index (χ1n) is 4.87. The minimum atomic E-state index is 0.630. The van der Waals surface area contributed by atoms with Gasteiger partial charge in [-0.05, 0) is 24.7 Å². The molecule has 0 amide bonds. The Balaban J connectivity index is 1.85. The van der Waals surface area contributed by atoms with E-state index in [1.54, 1.807) is 0 Å². The van der Waals surface area contributed by atoms with E-state index in [9.17, 15) is 0 Å². The topological polar surface area (TPSA) is 3.24 Å². The molecule has 0 bridgehead atoms. The number of rotatable bonds is 3. The van der Waals surface area contributed by atoms with E-state index in [-0.39, 0.29) is 0 Å². The zero-order valence-electron chi connectivity index (χ0n) is 7.73. The third kappa shape index (κ3) is 2.57. The standard InChI is InChI=1S/C10H15Br2N/c11-7-10(3-4-10)8-13-5-1-2-9(12)6-13/h2H,1,3-8H2. The smallest absolute Gasteiger partial charge is 0.0297 e. The van der Waals surface area contributed by atoms with Gasteiger partial charge in [0.15, 0.2) is 0 Å².